The molecule has 1 saturated heterocycles. The maximum absolute atomic E-state index is 13.9. The van der Waals surface area contributed by atoms with Gasteiger partial charge in [-0.2, -0.15) is 4.31 Å². The van der Waals surface area contributed by atoms with Crippen molar-refractivity contribution in [3.63, 3.8) is 0 Å². The third-order valence-electron chi connectivity index (χ3n) is 5.47. The first kappa shape index (κ1) is 18.3. The summed E-state index contributed by atoms with van der Waals surface area (Å²) in [6.45, 7) is 2.56. The quantitative estimate of drug-likeness (QED) is 0.824. The lowest BCUT2D eigenvalue weighted by atomic mass is 9.79. The third kappa shape index (κ3) is 3.72. The van der Waals surface area contributed by atoms with Gasteiger partial charge in [0.1, 0.15) is 5.82 Å². The van der Waals surface area contributed by atoms with Crippen LogP contribution in [0, 0.1) is 5.82 Å². The lowest BCUT2D eigenvalue weighted by molar-refractivity contribution is -0.140. The van der Waals surface area contributed by atoms with Crippen LogP contribution in [0.3, 0.4) is 0 Å². The summed E-state index contributed by atoms with van der Waals surface area (Å²) < 4.78 is 41.1. The SMILES string of the molecule is CC(=O)N1CCN(S(=O)(=O)Cc2ccccc2F)CC12CCCCC2. The highest BCUT2D eigenvalue weighted by atomic mass is 32.2. The number of sulfonamides is 1. The van der Waals surface area contributed by atoms with E-state index in [0.717, 1.165) is 32.1 Å². The van der Waals surface area contributed by atoms with E-state index in [2.05, 4.69) is 0 Å². The van der Waals surface area contributed by atoms with Gasteiger partial charge in [0.25, 0.3) is 0 Å². The number of halogens is 1. The van der Waals surface area contributed by atoms with Gasteiger partial charge in [-0.05, 0) is 18.9 Å². The van der Waals surface area contributed by atoms with Crippen molar-refractivity contribution in [2.24, 2.45) is 0 Å². The molecule has 1 amide bonds. The predicted molar refractivity (Wildman–Crippen MR) is 93.8 cm³/mol. The van der Waals surface area contributed by atoms with Crippen molar-refractivity contribution >= 4 is 15.9 Å². The Morgan fingerprint density at radius 2 is 1.84 bits per heavy atom. The molecule has 0 N–H and O–H groups in total. The van der Waals surface area contributed by atoms with Crippen molar-refractivity contribution in [2.45, 2.75) is 50.3 Å². The molecule has 1 spiro atoms. The zero-order valence-corrected chi connectivity index (χ0v) is 15.4. The number of nitrogens with zero attached hydrogens (tertiary/aromatic N) is 2. The van der Waals surface area contributed by atoms with E-state index >= 15 is 0 Å². The van der Waals surface area contributed by atoms with E-state index in [1.54, 1.807) is 19.1 Å². The van der Waals surface area contributed by atoms with E-state index in [-0.39, 0.29) is 23.8 Å². The molecule has 0 atom stereocenters. The summed E-state index contributed by atoms with van der Waals surface area (Å²) in [4.78, 5) is 13.9. The second-order valence-electron chi connectivity index (χ2n) is 7.14. The molecule has 3 rings (SSSR count). The third-order valence-corrected chi connectivity index (χ3v) is 7.24. The minimum absolute atomic E-state index is 0.00746. The highest BCUT2D eigenvalue weighted by Gasteiger charge is 2.46. The number of hydrogen-bond donors (Lipinski definition) is 0. The van der Waals surface area contributed by atoms with Gasteiger partial charge in [-0.25, -0.2) is 12.8 Å². The molecule has 1 saturated carbocycles. The summed E-state index contributed by atoms with van der Waals surface area (Å²) in [6, 6.07) is 5.98. The molecule has 7 heteroatoms. The largest absolute Gasteiger partial charge is 0.335 e. The summed E-state index contributed by atoms with van der Waals surface area (Å²) in [6.07, 6.45) is 4.79. The molecule has 5 nitrogen and oxygen atoms in total. The van der Waals surface area contributed by atoms with Crippen molar-refractivity contribution in [1.29, 1.82) is 0 Å². The van der Waals surface area contributed by atoms with Gasteiger partial charge in [-0.3, -0.25) is 4.79 Å². The van der Waals surface area contributed by atoms with Crippen LogP contribution in [0.4, 0.5) is 4.39 Å². The predicted octanol–water partition coefficient (Wildman–Crippen LogP) is 2.52. The number of amides is 1. The smallest absolute Gasteiger partial charge is 0.219 e. The van der Waals surface area contributed by atoms with Gasteiger partial charge in [0.15, 0.2) is 0 Å². The Kier molecular flexibility index (Phi) is 5.16. The molecule has 0 aromatic heterocycles. The molecular formula is C18H25FN2O3S. The Labute approximate surface area is 148 Å². The van der Waals surface area contributed by atoms with E-state index < -0.39 is 21.4 Å². The Balaban J connectivity index is 1.83. The Hall–Kier alpha value is -1.47. The first-order valence-electron chi connectivity index (χ1n) is 8.84. The van der Waals surface area contributed by atoms with Crippen LogP contribution in [0.15, 0.2) is 24.3 Å². The second kappa shape index (κ2) is 7.03. The van der Waals surface area contributed by atoms with Crippen LogP contribution in [0.5, 0.6) is 0 Å². The van der Waals surface area contributed by atoms with Gasteiger partial charge in [0.05, 0.1) is 11.3 Å². The van der Waals surface area contributed by atoms with Gasteiger partial charge >= 0.3 is 0 Å². The fraction of sp³-hybridized carbons (Fsp3) is 0.611. The van der Waals surface area contributed by atoms with E-state index in [4.69, 9.17) is 0 Å². The number of carbonyl (C=O) groups excluding carboxylic acids is 1. The molecule has 1 aromatic carbocycles. The standard InChI is InChI=1S/C18H25FN2O3S/c1-15(22)21-12-11-20(14-18(21)9-5-2-6-10-18)25(23,24)13-16-7-3-4-8-17(16)19/h3-4,7-8H,2,5-6,9-14H2,1H3. The Morgan fingerprint density at radius 1 is 1.16 bits per heavy atom. The molecule has 1 aromatic rings. The number of rotatable bonds is 3. The topological polar surface area (TPSA) is 57.7 Å². The van der Waals surface area contributed by atoms with E-state index in [1.807, 2.05) is 4.90 Å². The minimum atomic E-state index is -3.63. The van der Waals surface area contributed by atoms with Gasteiger partial charge in [-0.15, -0.1) is 0 Å². The molecule has 1 aliphatic carbocycles. The average molecular weight is 368 g/mol. The molecule has 25 heavy (non-hydrogen) atoms. The molecule has 0 bridgehead atoms. The fourth-order valence-electron chi connectivity index (χ4n) is 4.21. The van der Waals surface area contributed by atoms with Gasteiger partial charge < -0.3 is 4.90 Å². The molecule has 0 unspecified atom stereocenters. The summed E-state index contributed by atoms with van der Waals surface area (Å²) >= 11 is 0. The zero-order valence-electron chi connectivity index (χ0n) is 14.6. The summed E-state index contributed by atoms with van der Waals surface area (Å²) in [5.74, 6) is -0.829. The molecule has 1 heterocycles. The molecule has 2 fully saturated rings. The normalized spacial score (nSPS) is 21.4. The van der Waals surface area contributed by atoms with Crippen molar-refractivity contribution in [3.8, 4) is 0 Å². The minimum Gasteiger partial charge on any atom is -0.335 e. The monoisotopic (exact) mass is 368 g/mol. The molecule has 138 valence electrons. The number of benzene rings is 1. The van der Waals surface area contributed by atoms with Crippen LogP contribution >= 0.6 is 0 Å². The number of piperazine rings is 1. The van der Waals surface area contributed by atoms with Crippen molar-refractivity contribution in [2.75, 3.05) is 19.6 Å². The Bertz CT molecular complexity index is 744. The fourth-order valence-corrected chi connectivity index (χ4v) is 5.82. The molecule has 2 aliphatic rings. The molecular weight excluding hydrogens is 343 g/mol. The maximum Gasteiger partial charge on any atom is 0.219 e. The number of carbonyl (C=O) groups is 1. The van der Waals surface area contributed by atoms with Crippen LogP contribution in [-0.2, 0) is 20.6 Å². The average Bonchev–Trinajstić information content (AvgIpc) is 2.57. The summed E-state index contributed by atoms with van der Waals surface area (Å²) in [5.41, 5.74) is -0.209. The summed E-state index contributed by atoms with van der Waals surface area (Å²) in [5, 5.41) is 0. The molecule has 1 aliphatic heterocycles. The van der Waals surface area contributed by atoms with Crippen LogP contribution in [0.25, 0.3) is 0 Å². The zero-order chi connectivity index (χ0) is 18.1. The van der Waals surface area contributed by atoms with Crippen LogP contribution in [0.2, 0.25) is 0 Å². The van der Waals surface area contributed by atoms with Crippen LogP contribution in [-0.4, -0.2) is 48.7 Å². The van der Waals surface area contributed by atoms with Crippen molar-refractivity contribution < 1.29 is 17.6 Å². The maximum atomic E-state index is 13.9. The van der Waals surface area contributed by atoms with Crippen molar-refractivity contribution in [3.05, 3.63) is 35.6 Å². The van der Waals surface area contributed by atoms with E-state index in [9.17, 15) is 17.6 Å². The Morgan fingerprint density at radius 3 is 2.48 bits per heavy atom. The second-order valence-corrected chi connectivity index (χ2v) is 9.11. The lowest BCUT2D eigenvalue weighted by Crippen LogP contribution is -2.65. The first-order chi connectivity index (χ1) is 11.8. The van der Waals surface area contributed by atoms with Gasteiger partial charge in [0, 0.05) is 32.1 Å². The first-order valence-corrected chi connectivity index (χ1v) is 10.4. The molecule has 0 radical (unpaired) electrons. The van der Waals surface area contributed by atoms with Crippen LogP contribution < -0.4 is 0 Å². The van der Waals surface area contributed by atoms with Crippen LogP contribution in [0.1, 0.15) is 44.6 Å². The lowest BCUT2D eigenvalue weighted by Gasteiger charge is -2.52. The highest BCUT2D eigenvalue weighted by molar-refractivity contribution is 7.88. The van der Waals surface area contributed by atoms with Gasteiger partial charge in [-0.1, -0.05) is 37.5 Å². The van der Waals surface area contributed by atoms with Crippen molar-refractivity contribution in [1.82, 2.24) is 9.21 Å². The number of hydrogen-bond acceptors (Lipinski definition) is 3. The van der Waals surface area contributed by atoms with E-state index in [0.29, 0.717) is 13.1 Å². The highest BCUT2D eigenvalue weighted by Crippen LogP contribution is 2.37. The van der Waals surface area contributed by atoms with E-state index in [1.165, 1.54) is 16.4 Å². The van der Waals surface area contributed by atoms with Gasteiger partial charge in [0.2, 0.25) is 15.9 Å². The summed E-state index contributed by atoms with van der Waals surface area (Å²) in [7, 11) is -3.63.